The molecule has 5 atom stereocenters. The van der Waals surface area contributed by atoms with Crippen molar-refractivity contribution in [2.24, 2.45) is 11.8 Å². The molecule has 2 N–H and O–H groups in total. The van der Waals surface area contributed by atoms with Crippen LogP contribution in [0.5, 0.6) is 5.75 Å². The third-order valence-corrected chi connectivity index (χ3v) is 11.8. The zero-order valence-corrected chi connectivity index (χ0v) is 26.2. The van der Waals surface area contributed by atoms with E-state index in [9.17, 15) is 18.3 Å². The summed E-state index contributed by atoms with van der Waals surface area (Å²) in [6.07, 6.45) is 8.69. The number of sulfonamides is 1. The van der Waals surface area contributed by atoms with Crippen LogP contribution in [0, 0.1) is 11.8 Å². The number of fused-ring (bicyclic) bond motifs is 4. The Morgan fingerprint density at radius 3 is 2.84 bits per heavy atom. The van der Waals surface area contributed by atoms with Crippen molar-refractivity contribution < 1.29 is 27.8 Å². The van der Waals surface area contributed by atoms with Gasteiger partial charge in [0.15, 0.2) is 0 Å². The van der Waals surface area contributed by atoms with Gasteiger partial charge in [0.25, 0.3) is 5.91 Å². The second kappa shape index (κ2) is 12.4. The fourth-order valence-corrected chi connectivity index (χ4v) is 8.78. The first-order chi connectivity index (χ1) is 20.7. The van der Waals surface area contributed by atoms with Gasteiger partial charge in [-0.05, 0) is 105 Å². The number of aliphatic hydroxyl groups is 1. The van der Waals surface area contributed by atoms with E-state index in [0.29, 0.717) is 38.5 Å². The molecule has 2 bridgehead atoms. The lowest BCUT2D eigenvalue weighted by molar-refractivity contribution is 0.0456. The molecular formula is C33H41ClN2O6S. The molecule has 1 spiro atoms. The monoisotopic (exact) mass is 628 g/mol. The van der Waals surface area contributed by atoms with E-state index in [2.05, 4.69) is 21.8 Å². The van der Waals surface area contributed by atoms with Gasteiger partial charge in [0.2, 0.25) is 10.0 Å². The average molecular weight is 629 g/mol. The summed E-state index contributed by atoms with van der Waals surface area (Å²) in [5, 5.41) is 11.0. The van der Waals surface area contributed by atoms with Crippen LogP contribution in [-0.2, 0) is 26.6 Å². The molecule has 4 aliphatic rings. The minimum atomic E-state index is -4.02. The highest BCUT2D eigenvalue weighted by Gasteiger charge is 2.44. The summed E-state index contributed by atoms with van der Waals surface area (Å²) in [6.45, 7) is 4.04. The number of hydrogen-bond acceptors (Lipinski definition) is 7. The van der Waals surface area contributed by atoms with Gasteiger partial charge in [-0.15, -0.1) is 0 Å². The largest absolute Gasteiger partial charge is 0.490 e. The number of amides is 1. The van der Waals surface area contributed by atoms with Crippen molar-refractivity contribution in [3.63, 3.8) is 0 Å². The number of anilines is 1. The van der Waals surface area contributed by atoms with Crippen LogP contribution in [0.15, 0.2) is 48.6 Å². The lowest BCUT2D eigenvalue weighted by Crippen LogP contribution is -2.49. The molecule has 6 rings (SSSR count). The first-order valence-corrected chi connectivity index (χ1v) is 17.4. The summed E-state index contributed by atoms with van der Waals surface area (Å²) in [5.41, 5.74) is 3.26. The number of ether oxygens (including phenoxy) is 2. The molecule has 232 valence electrons. The number of carbonyl (C=O) groups excluding carboxylic acids is 1. The Kier molecular flexibility index (Phi) is 8.79. The van der Waals surface area contributed by atoms with Crippen molar-refractivity contribution in [2.45, 2.75) is 68.6 Å². The van der Waals surface area contributed by atoms with Gasteiger partial charge in [-0.3, -0.25) is 4.79 Å². The summed E-state index contributed by atoms with van der Waals surface area (Å²) in [7, 11) is -4.02. The summed E-state index contributed by atoms with van der Waals surface area (Å²) in [6, 6.07) is 11.3. The Bertz CT molecular complexity index is 1500. The number of hydrogen-bond donors (Lipinski definition) is 2. The van der Waals surface area contributed by atoms with Crippen LogP contribution < -0.4 is 14.4 Å². The van der Waals surface area contributed by atoms with E-state index in [1.807, 2.05) is 18.2 Å². The van der Waals surface area contributed by atoms with E-state index in [1.165, 1.54) is 11.1 Å². The van der Waals surface area contributed by atoms with Crippen molar-refractivity contribution >= 4 is 33.2 Å². The zero-order valence-electron chi connectivity index (χ0n) is 24.6. The number of rotatable bonds is 3. The molecule has 2 aliphatic heterocycles. The van der Waals surface area contributed by atoms with Gasteiger partial charge in [-0.2, -0.15) is 0 Å². The van der Waals surface area contributed by atoms with Crippen LogP contribution in [-0.4, -0.2) is 63.7 Å². The van der Waals surface area contributed by atoms with Crippen LogP contribution in [0.1, 0.15) is 66.9 Å². The molecule has 1 fully saturated rings. The van der Waals surface area contributed by atoms with Crippen molar-refractivity contribution in [1.82, 2.24) is 4.72 Å². The molecule has 10 heteroatoms. The molecule has 0 aromatic heterocycles. The van der Waals surface area contributed by atoms with Gasteiger partial charge < -0.3 is 19.5 Å². The summed E-state index contributed by atoms with van der Waals surface area (Å²) in [5.74, 6) is 0.386. The van der Waals surface area contributed by atoms with Crippen LogP contribution in [0.25, 0.3) is 0 Å². The average Bonchev–Trinajstić information content (AvgIpc) is 3.11. The van der Waals surface area contributed by atoms with Gasteiger partial charge in [0.05, 0.1) is 25.0 Å². The maximum Gasteiger partial charge on any atom is 0.264 e. The fourth-order valence-electron chi connectivity index (χ4n) is 7.32. The van der Waals surface area contributed by atoms with Gasteiger partial charge in [-0.25, -0.2) is 13.1 Å². The Morgan fingerprint density at radius 2 is 2.05 bits per heavy atom. The van der Waals surface area contributed by atoms with Crippen molar-refractivity contribution in [3.8, 4) is 5.75 Å². The van der Waals surface area contributed by atoms with Crippen LogP contribution in [0.2, 0.25) is 5.02 Å². The minimum Gasteiger partial charge on any atom is -0.490 e. The Balaban J connectivity index is 1.40. The topological polar surface area (TPSA) is 105 Å². The Hall–Kier alpha value is -2.59. The molecule has 0 saturated heterocycles. The molecule has 2 aliphatic carbocycles. The van der Waals surface area contributed by atoms with E-state index in [1.54, 1.807) is 25.1 Å². The maximum atomic E-state index is 13.4. The third kappa shape index (κ3) is 6.19. The van der Waals surface area contributed by atoms with Gasteiger partial charge >= 0.3 is 0 Å². The molecule has 2 heterocycles. The number of carbonyl (C=O) groups is 1. The Morgan fingerprint density at radius 1 is 1.19 bits per heavy atom. The second-order valence-corrected chi connectivity index (χ2v) is 14.9. The Labute approximate surface area is 259 Å². The van der Waals surface area contributed by atoms with Crippen LogP contribution in [0.3, 0.4) is 0 Å². The molecule has 1 saturated carbocycles. The smallest absolute Gasteiger partial charge is 0.264 e. The predicted octanol–water partition coefficient (Wildman–Crippen LogP) is 5.01. The summed E-state index contributed by atoms with van der Waals surface area (Å²) >= 11 is 6.39. The molecular weight excluding hydrogens is 588 g/mol. The second-order valence-electron chi connectivity index (χ2n) is 12.5. The van der Waals surface area contributed by atoms with Gasteiger partial charge in [0.1, 0.15) is 11.0 Å². The minimum absolute atomic E-state index is 0.0131. The summed E-state index contributed by atoms with van der Waals surface area (Å²) < 4.78 is 41.0. The quantitative estimate of drug-likeness (QED) is 0.460. The third-order valence-electron chi connectivity index (χ3n) is 9.84. The number of aliphatic hydroxyl groups excluding tert-OH is 1. The molecule has 0 unspecified atom stereocenters. The molecule has 43 heavy (non-hydrogen) atoms. The van der Waals surface area contributed by atoms with Crippen LogP contribution >= 0.6 is 11.6 Å². The number of benzene rings is 2. The summed E-state index contributed by atoms with van der Waals surface area (Å²) in [4.78, 5) is 15.7. The van der Waals surface area contributed by atoms with E-state index < -0.39 is 27.3 Å². The highest BCUT2D eigenvalue weighted by Crippen LogP contribution is 2.46. The van der Waals surface area contributed by atoms with Gasteiger partial charge in [-0.1, -0.05) is 29.8 Å². The number of aryl methyl sites for hydroxylation is 1. The van der Waals surface area contributed by atoms with Crippen molar-refractivity contribution in [1.29, 1.82) is 0 Å². The molecule has 2 aromatic rings. The van der Waals surface area contributed by atoms with Crippen molar-refractivity contribution in [3.05, 3.63) is 70.3 Å². The van der Waals surface area contributed by atoms with Crippen molar-refractivity contribution in [2.75, 3.05) is 37.8 Å². The molecule has 8 nitrogen and oxygen atoms in total. The standard InChI is InChI=1S/C33H41ClN2O6S/c1-2-41-19-26-7-3-4-8-30(37)27-12-9-24(27)18-36-20-33(15-5-6-22-16-25(34)11-13-28(22)33)21-42-31-14-10-23(17-29(31)36)32(38)35-43(26,39)40/h4,8,10-11,13-14,16-17,24,26-27,30,37H,2-3,5-7,9,12,15,18-21H2,1H3,(H,35,38)/b8-4+/t24-,26-,27+,30-,33-/m0/s1. The van der Waals surface area contributed by atoms with E-state index in [0.717, 1.165) is 42.8 Å². The first kappa shape index (κ1) is 30.4. The maximum absolute atomic E-state index is 13.4. The normalized spacial score (nSPS) is 31.0. The number of halogens is 1. The lowest BCUT2D eigenvalue weighted by atomic mass is 9.68. The molecule has 0 radical (unpaired) electrons. The van der Waals surface area contributed by atoms with E-state index in [-0.39, 0.29) is 35.8 Å². The number of nitrogens with zero attached hydrogens (tertiary/aromatic N) is 1. The highest BCUT2D eigenvalue weighted by molar-refractivity contribution is 7.90. The number of allylic oxidation sites excluding steroid dienone is 1. The SMILES string of the molecule is CCOC[C@@H]1CC/C=C/[C@H](O)[C@@H]2CC[C@H]2CN2C[C@@]3(CCCc4cc(Cl)ccc43)COc3ccc(cc32)C(=O)NS1(=O)=O. The predicted molar refractivity (Wildman–Crippen MR) is 167 cm³/mol. The fraction of sp³-hybridized carbons (Fsp3) is 0.545. The van der Waals surface area contributed by atoms with E-state index >= 15 is 0 Å². The number of nitrogens with one attached hydrogen (secondary N) is 1. The van der Waals surface area contributed by atoms with E-state index in [4.69, 9.17) is 21.1 Å². The van der Waals surface area contributed by atoms with Crippen LogP contribution in [0.4, 0.5) is 5.69 Å². The van der Waals surface area contributed by atoms with Gasteiger partial charge in [0, 0.05) is 35.7 Å². The zero-order chi connectivity index (χ0) is 30.2. The first-order valence-electron chi connectivity index (χ1n) is 15.5. The lowest BCUT2D eigenvalue weighted by Gasteiger charge is -2.45. The highest BCUT2D eigenvalue weighted by atomic mass is 35.5. The molecule has 2 aromatic carbocycles. The molecule has 1 amide bonds.